The molecule has 2 heterocycles. The highest BCUT2D eigenvalue weighted by molar-refractivity contribution is 7.97. The Labute approximate surface area is 137 Å². The monoisotopic (exact) mass is 328 g/mol. The van der Waals surface area contributed by atoms with Gasteiger partial charge in [-0.3, -0.25) is 5.32 Å². The van der Waals surface area contributed by atoms with Crippen LogP contribution < -0.4 is 11.1 Å². The van der Waals surface area contributed by atoms with Crippen LogP contribution in [-0.4, -0.2) is 31.3 Å². The minimum absolute atomic E-state index is 0.551. The molecule has 0 fully saturated rings. The van der Waals surface area contributed by atoms with E-state index in [1.54, 1.807) is 15.0 Å². The van der Waals surface area contributed by atoms with E-state index in [9.17, 15) is 4.79 Å². The smallest absolute Gasteiger partial charge is 0.317 e. The average Bonchev–Trinajstić information content (AvgIpc) is 3.14. The van der Waals surface area contributed by atoms with Gasteiger partial charge in [0.25, 0.3) is 0 Å². The van der Waals surface area contributed by atoms with Crippen molar-refractivity contribution in [1.82, 2.24) is 19.0 Å². The number of para-hydroxylation sites is 1. The van der Waals surface area contributed by atoms with Gasteiger partial charge < -0.3 is 5.73 Å². The third kappa shape index (κ3) is 2.93. The van der Waals surface area contributed by atoms with E-state index in [0.717, 1.165) is 22.5 Å². The molecule has 118 valence electrons. The molecule has 0 unspecified atom stereocenters. The number of benzene rings is 1. The molecule has 3 rings (SSSR count). The van der Waals surface area contributed by atoms with E-state index in [1.165, 1.54) is 11.9 Å². The first-order valence-electron chi connectivity index (χ1n) is 6.91. The largest absolute Gasteiger partial charge is 0.351 e. The maximum atomic E-state index is 11.4. The second-order valence-electron chi connectivity index (χ2n) is 4.87. The van der Waals surface area contributed by atoms with Crippen LogP contribution in [-0.2, 0) is 0 Å². The minimum atomic E-state index is -0.628. The zero-order valence-electron chi connectivity index (χ0n) is 12.7. The van der Waals surface area contributed by atoms with Gasteiger partial charge in [-0.25, -0.2) is 13.6 Å². The topological polar surface area (TPSA) is 90.8 Å². The summed E-state index contributed by atoms with van der Waals surface area (Å²) in [7, 11) is 0. The fourth-order valence-electron chi connectivity index (χ4n) is 2.32. The van der Waals surface area contributed by atoms with E-state index in [0.29, 0.717) is 5.82 Å². The Balaban J connectivity index is 2.15. The van der Waals surface area contributed by atoms with E-state index in [1.807, 2.05) is 49.7 Å². The Bertz CT molecular complexity index is 839. The number of carbonyl (C=O) groups is 1. The molecular weight excluding hydrogens is 312 g/mol. The van der Waals surface area contributed by atoms with Crippen molar-refractivity contribution >= 4 is 23.8 Å². The lowest BCUT2D eigenvalue weighted by Crippen LogP contribution is -2.21. The Morgan fingerprint density at radius 2 is 2.04 bits per heavy atom. The average molecular weight is 328 g/mol. The van der Waals surface area contributed by atoms with Crippen LogP contribution in [0.15, 0.2) is 42.7 Å². The quantitative estimate of drug-likeness (QED) is 0.770. The first-order valence-corrected chi connectivity index (χ1v) is 8.09. The maximum Gasteiger partial charge on any atom is 0.317 e. The number of rotatable bonds is 4. The lowest BCUT2D eigenvalue weighted by atomic mass is 10.1. The molecule has 0 atom stereocenters. The van der Waals surface area contributed by atoms with Crippen LogP contribution in [0.3, 0.4) is 0 Å². The van der Waals surface area contributed by atoms with Crippen LogP contribution in [0.1, 0.15) is 5.56 Å². The number of hydrogen-bond donors (Lipinski definition) is 2. The first kappa shape index (κ1) is 15.2. The van der Waals surface area contributed by atoms with Crippen LogP contribution in [0.5, 0.6) is 0 Å². The van der Waals surface area contributed by atoms with Crippen molar-refractivity contribution in [3.8, 4) is 16.9 Å². The van der Waals surface area contributed by atoms with Gasteiger partial charge >= 0.3 is 6.03 Å². The summed E-state index contributed by atoms with van der Waals surface area (Å²) in [4.78, 5) is 11.4. The molecule has 1 aromatic carbocycles. The van der Waals surface area contributed by atoms with Crippen molar-refractivity contribution in [2.75, 3.05) is 11.6 Å². The van der Waals surface area contributed by atoms with Crippen molar-refractivity contribution in [3.63, 3.8) is 0 Å². The fraction of sp³-hybridized carbons (Fsp3) is 0.133. The van der Waals surface area contributed by atoms with E-state index in [2.05, 4.69) is 15.5 Å². The Kier molecular flexibility index (Phi) is 4.07. The van der Waals surface area contributed by atoms with E-state index in [-0.39, 0.29) is 0 Å². The number of aromatic nitrogens is 4. The van der Waals surface area contributed by atoms with E-state index < -0.39 is 6.03 Å². The third-order valence-corrected chi connectivity index (χ3v) is 3.96. The summed E-state index contributed by atoms with van der Waals surface area (Å²) in [5.41, 5.74) is 8.59. The first-order chi connectivity index (χ1) is 11.1. The molecule has 7 nitrogen and oxygen atoms in total. The molecular formula is C15H16N6OS. The number of hydrogen-bond acceptors (Lipinski definition) is 4. The molecule has 0 saturated carbocycles. The predicted octanol–water partition coefficient (Wildman–Crippen LogP) is 2.66. The molecule has 3 N–H and O–H groups in total. The summed E-state index contributed by atoms with van der Waals surface area (Å²) in [6.07, 6.45) is 5.57. The van der Waals surface area contributed by atoms with Crippen LogP contribution in [0.25, 0.3) is 16.9 Å². The highest BCUT2D eigenvalue weighted by Gasteiger charge is 2.19. The molecule has 0 bridgehead atoms. The van der Waals surface area contributed by atoms with E-state index >= 15 is 0 Å². The van der Waals surface area contributed by atoms with Crippen LogP contribution in [0.4, 0.5) is 10.6 Å². The predicted molar refractivity (Wildman–Crippen MR) is 91.6 cm³/mol. The number of carbonyl (C=O) groups excluding carboxylic acids is 1. The number of nitrogens with one attached hydrogen (secondary N) is 1. The summed E-state index contributed by atoms with van der Waals surface area (Å²) in [5, 5.41) is 11.5. The maximum absolute atomic E-state index is 11.4. The molecule has 2 aromatic heterocycles. The van der Waals surface area contributed by atoms with Crippen molar-refractivity contribution in [2.45, 2.75) is 6.92 Å². The SMILES string of the molecule is CSn1cc(-c2nn(-c3ccccc3)c(NC(N)=O)c2C)cn1. The van der Waals surface area contributed by atoms with Gasteiger partial charge in [0.2, 0.25) is 0 Å². The Morgan fingerprint density at radius 1 is 1.30 bits per heavy atom. The highest BCUT2D eigenvalue weighted by Crippen LogP contribution is 2.30. The van der Waals surface area contributed by atoms with Gasteiger partial charge in [0, 0.05) is 23.6 Å². The molecule has 0 radical (unpaired) electrons. The van der Waals surface area contributed by atoms with Gasteiger partial charge in [-0.2, -0.15) is 10.2 Å². The molecule has 3 aromatic rings. The summed E-state index contributed by atoms with van der Waals surface area (Å²) in [6.45, 7) is 1.89. The lowest BCUT2D eigenvalue weighted by Gasteiger charge is -2.07. The van der Waals surface area contributed by atoms with Crippen molar-refractivity contribution in [1.29, 1.82) is 0 Å². The fourth-order valence-corrected chi connectivity index (χ4v) is 2.68. The summed E-state index contributed by atoms with van der Waals surface area (Å²) >= 11 is 1.49. The van der Waals surface area contributed by atoms with Crippen molar-refractivity contribution < 1.29 is 4.79 Å². The number of amides is 2. The van der Waals surface area contributed by atoms with Crippen LogP contribution in [0, 0.1) is 6.92 Å². The molecule has 0 aliphatic heterocycles. The molecule has 0 aliphatic rings. The van der Waals surface area contributed by atoms with Gasteiger partial charge in [0.1, 0.15) is 11.5 Å². The molecule has 0 spiro atoms. The normalized spacial score (nSPS) is 10.7. The minimum Gasteiger partial charge on any atom is -0.351 e. The molecule has 8 heteroatoms. The summed E-state index contributed by atoms with van der Waals surface area (Å²) in [5.74, 6) is 0.551. The zero-order chi connectivity index (χ0) is 16.4. The number of nitrogens with two attached hydrogens (primary N) is 1. The third-order valence-electron chi connectivity index (χ3n) is 3.39. The van der Waals surface area contributed by atoms with Gasteiger partial charge in [0.15, 0.2) is 0 Å². The summed E-state index contributed by atoms with van der Waals surface area (Å²) < 4.78 is 3.42. The number of anilines is 1. The Hall–Kier alpha value is -2.74. The van der Waals surface area contributed by atoms with E-state index in [4.69, 9.17) is 5.73 Å². The second kappa shape index (κ2) is 6.17. The highest BCUT2D eigenvalue weighted by atomic mass is 32.2. The lowest BCUT2D eigenvalue weighted by molar-refractivity contribution is 0.259. The molecule has 0 aliphatic carbocycles. The van der Waals surface area contributed by atoms with Gasteiger partial charge in [-0.05, 0) is 31.0 Å². The van der Waals surface area contributed by atoms with Crippen LogP contribution >= 0.6 is 11.9 Å². The van der Waals surface area contributed by atoms with Crippen LogP contribution in [0.2, 0.25) is 0 Å². The summed E-state index contributed by atoms with van der Waals surface area (Å²) in [6, 6.07) is 8.93. The van der Waals surface area contributed by atoms with Crippen molar-refractivity contribution in [3.05, 3.63) is 48.3 Å². The standard InChI is InChI=1S/C15H16N6OS/c1-10-13(11-8-17-20(9-11)23-2)19-21(14(10)18-15(16)22)12-6-4-3-5-7-12/h3-9H,1-2H3,(H3,16,18,22). The van der Waals surface area contributed by atoms with Gasteiger partial charge in [0.05, 0.1) is 11.9 Å². The van der Waals surface area contributed by atoms with Gasteiger partial charge in [-0.1, -0.05) is 18.2 Å². The van der Waals surface area contributed by atoms with Crippen molar-refractivity contribution in [2.24, 2.45) is 5.73 Å². The van der Waals surface area contributed by atoms with Gasteiger partial charge in [-0.15, -0.1) is 0 Å². The molecule has 23 heavy (non-hydrogen) atoms. The number of nitrogens with zero attached hydrogens (tertiary/aromatic N) is 4. The second-order valence-corrected chi connectivity index (χ2v) is 5.61. The number of urea groups is 1. The molecule has 2 amide bonds. The zero-order valence-corrected chi connectivity index (χ0v) is 13.5. The Morgan fingerprint density at radius 3 is 2.65 bits per heavy atom. The molecule has 0 saturated heterocycles. The number of primary amides is 1.